The molecule has 0 saturated carbocycles. The van der Waals surface area contributed by atoms with Crippen molar-refractivity contribution >= 4 is 5.82 Å². The number of aromatic nitrogens is 2. The van der Waals surface area contributed by atoms with Gasteiger partial charge in [0.25, 0.3) is 5.56 Å². The van der Waals surface area contributed by atoms with E-state index < -0.39 is 23.2 Å². The van der Waals surface area contributed by atoms with Crippen LogP contribution in [0.25, 0.3) is 0 Å². The van der Waals surface area contributed by atoms with Crippen molar-refractivity contribution in [1.82, 2.24) is 14.5 Å². The topological polar surface area (TPSA) is 50.6 Å². The number of halogens is 3. The fraction of sp³-hybridized carbons (Fsp3) is 0.333. The van der Waals surface area contributed by atoms with E-state index in [-0.39, 0.29) is 24.8 Å². The number of hydrogen-bond donors (Lipinski definition) is 0. The molecule has 1 aromatic heterocycles. The third kappa shape index (κ3) is 5.19. The summed E-state index contributed by atoms with van der Waals surface area (Å²) in [6, 6.07) is 11.7. The van der Waals surface area contributed by atoms with Gasteiger partial charge in [-0.1, -0.05) is 30.3 Å². The Hall–Kier alpha value is -3.33. The van der Waals surface area contributed by atoms with Gasteiger partial charge >= 0.3 is 0 Å². The summed E-state index contributed by atoms with van der Waals surface area (Å²) < 4.78 is 46.7. The van der Waals surface area contributed by atoms with Gasteiger partial charge in [-0.25, -0.2) is 18.2 Å². The highest BCUT2D eigenvalue weighted by atomic mass is 19.2. The van der Waals surface area contributed by atoms with Crippen LogP contribution in [0.5, 0.6) is 5.75 Å². The van der Waals surface area contributed by atoms with Crippen LogP contribution in [-0.4, -0.2) is 47.2 Å². The molecule has 0 bridgehead atoms. The van der Waals surface area contributed by atoms with Crippen molar-refractivity contribution in [2.45, 2.75) is 19.5 Å². The zero-order valence-electron chi connectivity index (χ0n) is 18.3. The van der Waals surface area contributed by atoms with Gasteiger partial charge in [0.15, 0.2) is 29.0 Å². The zero-order chi connectivity index (χ0) is 23.4. The first-order valence-electron chi connectivity index (χ1n) is 10.8. The van der Waals surface area contributed by atoms with E-state index >= 15 is 0 Å². The van der Waals surface area contributed by atoms with Gasteiger partial charge in [0.2, 0.25) is 0 Å². The number of rotatable bonds is 7. The Labute approximate surface area is 189 Å². The van der Waals surface area contributed by atoms with E-state index in [9.17, 15) is 18.0 Å². The molecule has 1 unspecified atom stereocenters. The smallest absolute Gasteiger partial charge is 0.293 e. The molecule has 1 aliphatic rings. The summed E-state index contributed by atoms with van der Waals surface area (Å²) in [4.78, 5) is 21.5. The van der Waals surface area contributed by atoms with Crippen molar-refractivity contribution in [1.29, 1.82) is 0 Å². The van der Waals surface area contributed by atoms with Gasteiger partial charge in [-0.05, 0) is 12.5 Å². The highest BCUT2D eigenvalue weighted by molar-refractivity contribution is 5.36. The first-order valence-corrected chi connectivity index (χ1v) is 10.8. The van der Waals surface area contributed by atoms with Crippen LogP contribution >= 0.6 is 0 Å². The molecule has 4 rings (SSSR count). The van der Waals surface area contributed by atoms with Gasteiger partial charge in [-0.2, -0.15) is 0 Å². The van der Waals surface area contributed by atoms with Gasteiger partial charge in [0.1, 0.15) is 6.61 Å². The van der Waals surface area contributed by atoms with E-state index in [4.69, 9.17) is 4.74 Å². The van der Waals surface area contributed by atoms with Gasteiger partial charge in [0, 0.05) is 56.7 Å². The second kappa shape index (κ2) is 10.1. The molecule has 0 aliphatic carbocycles. The average molecular weight is 458 g/mol. The SMILES string of the molecule is CC(c1ccccc1)N1CCN(c2nccn(CCOc3cc(F)c(F)cc3F)c2=O)CC1. The molecule has 2 heterocycles. The van der Waals surface area contributed by atoms with Crippen LogP contribution in [-0.2, 0) is 6.54 Å². The Morgan fingerprint density at radius 3 is 2.42 bits per heavy atom. The van der Waals surface area contributed by atoms with Crippen LogP contribution in [0.15, 0.2) is 59.7 Å². The molecule has 1 aliphatic heterocycles. The molecule has 1 saturated heterocycles. The van der Waals surface area contributed by atoms with Crippen molar-refractivity contribution < 1.29 is 17.9 Å². The predicted octanol–water partition coefficient (Wildman–Crippen LogP) is 3.62. The Kier molecular flexibility index (Phi) is 6.98. The highest BCUT2D eigenvalue weighted by Gasteiger charge is 2.24. The molecule has 0 amide bonds. The van der Waals surface area contributed by atoms with Crippen molar-refractivity contribution in [3.63, 3.8) is 0 Å². The normalized spacial score (nSPS) is 15.5. The molecule has 6 nitrogen and oxygen atoms in total. The maximum Gasteiger partial charge on any atom is 0.293 e. The molecule has 2 aromatic carbocycles. The lowest BCUT2D eigenvalue weighted by Gasteiger charge is -2.38. The molecule has 3 aromatic rings. The molecular formula is C24H25F3N4O2. The van der Waals surface area contributed by atoms with E-state index in [0.717, 1.165) is 13.1 Å². The van der Waals surface area contributed by atoms with Crippen molar-refractivity contribution in [3.05, 3.63) is 88.2 Å². The fourth-order valence-corrected chi connectivity index (χ4v) is 3.96. The molecule has 33 heavy (non-hydrogen) atoms. The number of nitrogens with zero attached hydrogens (tertiary/aromatic N) is 4. The molecule has 9 heteroatoms. The second-order valence-corrected chi connectivity index (χ2v) is 7.90. The molecule has 0 radical (unpaired) electrons. The highest BCUT2D eigenvalue weighted by Crippen LogP contribution is 2.22. The van der Waals surface area contributed by atoms with E-state index in [0.29, 0.717) is 31.0 Å². The summed E-state index contributed by atoms with van der Waals surface area (Å²) in [5.74, 6) is -3.54. The molecule has 0 spiro atoms. The minimum absolute atomic E-state index is 0.0896. The molecule has 1 atom stereocenters. The maximum absolute atomic E-state index is 13.7. The number of hydrogen-bond acceptors (Lipinski definition) is 5. The average Bonchev–Trinajstić information content (AvgIpc) is 2.83. The van der Waals surface area contributed by atoms with E-state index in [2.05, 4.69) is 28.9 Å². The third-order valence-corrected chi connectivity index (χ3v) is 5.90. The van der Waals surface area contributed by atoms with E-state index in [1.165, 1.54) is 22.5 Å². The molecule has 1 fully saturated rings. The third-order valence-electron chi connectivity index (χ3n) is 5.90. The van der Waals surface area contributed by atoms with Crippen LogP contribution in [0.1, 0.15) is 18.5 Å². The lowest BCUT2D eigenvalue weighted by atomic mass is 10.1. The quantitative estimate of drug-likeness (QED) is 0.507. The first kappa shape index (κ1) is 22.8. The molecular weight excluding hydrogens is 433 g/mol. The van der Waals surface area contributed by atoms with Gasteiger partial charge in [0.05, 0.1) is 6.54 Å². The zero-order valence-corrected chi connectivity index (χ0v) is 18.3. The van der Waals surface area contributed by atoms with Gasteiger partial charge < -0.3 is 14.2 Å². The number of piperazine rings is 1. The standard InChI is InChI=1S/C24H25F3N4O2/c1-17(18-5-3-2-4-6-18)29-9-11-30(12-10-29)23-24(32)31(8-7-28-23)13-14-33-22-16-20(26)19(25)15-21(22)27/h2-8,15-17H,9-14H2,1H3. The van der Waals surface area contributed by atoms with Gasteiger partial charge in [-0.3, -0.25) is 9.69 Å². The first-order chi connectivity index (χ1) is 15.9. The summed E-state index contributed by atoms with van der Waals surface area (Å²) in [6.45, 7) is 5.12. The van der Waals surface area contributed by atoms with Crippen molar-refractivity contribution in [3.8, 4) is 5.75 Å². The monoisotopic (exact) mass is 458 g/mol. The van der Waals surface area contributed by atoms with Crippen LogP contribution < -0.4 is 15.2 Å². The van der Waals surface area contributed by atoms with Crippen molar-refractivity contribution in [2.75, 3.05) is 37.7 Å². The van der Waals surface area contributed by atoms with Gasteiger partial charge in [-0.15, -0.1) is 0 Å². The molecule has 174 valence electrons. The fourth-order valence-electron chi connectivity index (χ4n) is 3.96. The minimum Gasteiger partial charge on any atom is -0.489 e. The number of ether oxygens (including phenoxy) is 1. The minimum atomic E-state index is -1.28. The number of anilines is 1. The number of benzene rings is 2. The summed E-state index contributed by atoms with van der Waals surface area (Å²) in [5.41, 5.74) is 0.972. The van der Waals surface area contributed by atoms with Crippen molar-refractivity contribution in [2.24, 2.45) is 0 Å². The maximum atomic E-state index is 13.7. The summed E-state index contributed by atoms with van der Waals surface area (Å²) in [5, 5.41) is 0. The van der Waals surface area contributed by atoms with E-state index in [1.807, 2.05) is 23.1 Å². The second-order valence-electron chi connectivity index (χ2n) is 7.90. The summed E-state index contributed by atoms with van der Waals surface area (Å²) in [6.07, 6.45) is 3.05. The lowest BCUT2D eigenvalue weighted by molar-refractivity contribution is 0.198. The van der Waals surface area contributed by atoms with Crippen LogP contribution in [0, 0.1) is 17.5 Å². The Morgan fingerprint density at radius 2 is 1.70 bits per heavy atom. The van der Waals surface area contributed by atoms with Crippen LogP contribution in [0.2, 0.25) is 0 Å². The predicted molar refractivity (Wildman–Crippen MR) is 119 cm³/mol. The Morgan fingerprint density at radius 1 is 1.00 bits per heavy atom. The summed E-state index contributed by atoms with van der Waals surface area (Å²) >= 11 is 0. The summed E-state index contributed by atoms with van der Waals surface area (Å²) in [7, 11) is 0. The largest absolute Gasteiger partial charge is 0.489 e. The Balaban J connectivity index is 1.37. The van der Waals surface area contributed by atoms with Crippen LogP contribution in [0.3, 0.4) is 0 Å². The van der Waals surface area contributed by atoms with Crippen LogP contribution in [0.4, 0.5) is 19.0 Å². The lowest BCUT2D eigenvalue weighted by Crippen LogP contribution is -2.49. The molecule has 0 N–H and O–H groups in total. The Bertz CT molecular complexity index is 1150. The van der Waals surface area contributed by atoms with E-state index in [1.54, 1.807) is 0 Å².